The Morgan fingerprint density at radius 2 is 1.78 bits per heavy atom. The molecule has 2 aromatic rings. The van der Waals surface area contributed by atoms with E-state index in [9.17, 15) is 18.0 Å². The van der Waals surface area contributed by atoms with Crippen molar-refractivity contribution in [1.82, 2.24) is 10.2 Å². The number of para-hydroxylation sites is 1. The molecule has 0 bridgehead atoms. The van der Waals surface area contributed by atoms with E-state index in [1.54, 1.807) is 30.3 Å². The summed E-state index contributed by atoms with van der Waals surface area (Å²) in [5.74, 6) is -0.479. The SMILES string of the molecule is CCCNC(=O)[C@@H](CC)N(Cc1ccc(Cl)cc1Cl)C(=O)CCCN(c1ccccc1C)S(C)(=O)=O. The van der Waals surface area contributed by atoms with Crippen molar-refractivity contribution in [3.63, 3.8) is 0 Å². The highest BCUT2D eigenvalue weighted by molar-refractivity contribution is 7.92. The number of anilines is 1. The molecular weight excluding hydrogens is 521 g/mol. The first-order chi connectivity index (χ1) is 17.0. The van der Waals surface area contributed by atoms with Gasteiger partial charge in [0.25, 0.3) is 0 Å². The summed E-state index contributed by atoms with van der Waals surface area (Å²) in [6, 6.07) is 11.6. The second-order valence-electron chi connectivity index (χ2n) is 8.70. The Kier molecular flexibility index (Phi) is 11.5. The number of carbonyl (C=O) groups excluding carboxylic acids is 2. The van der Waals surface area contributed by atoms with Gasteiger partial charge in [-0.15, -0.1) is 0 Å². The first-order valence-corrected chi connectivity index (χ1v) is 14.6. The minimum Gasteiger partial charge on any atom is -0.354 e. The molecule has 1 atom stereocenters. The summed E-state index contributed by atoms with van der Waals surface area (Å²) in [5.41, 5.74) is 2.09. The lowest BCUT2D eigenvalue weighted by molar-refractivity contribution is -0.141. The number of nitrogens with zero attached hydrogens (tertiary/aromatic N) is 2. The number of hydrogen-bond donors (Lipinski definition) is 1. The fourth-order valence-corrected chi connectivity index (χ4v) is 5.44. The van der Waals surface area contributed by atoms with Crippen LogP contribution in [0.1, 0.15) is 50.7 Å². The molecule has 0 fully saturated rings. The van der Waals surface area contributed by atoms with Crippen LogP contribution in [-0.2, 0) is 26.2 Å². The number of aryl methyl sites for hydroxylation is 1. The topological polar surface area (TPSA) is 86.8 Å². The van der Waals surface area contributed by atoms with Crippen LogP contribution >= 0.6 is 23.2 Å². The van der Waals surface area contributed by atoms with Gasteiger partial charge >= 0.3 is 0 Å². The average molecular weight is 557 g/mol. The van der Waals surface area contributed by atoms with Crippen molar-refractivity contribution in [2.75, 3.05) is 23.7 Å². The summed E-state index contributed by atoms with van der Waals surface area (Å²) < 4.78 is 26.3. The molecule has 0 saturated heterocycles. The molecule has 0 aliphatic carbocycles. The molecule has 10 heteroatoms. The van der Waals surface area contributed by atoms with E-state index in [1.165, 1.54) is 9.21 Å². The van der Waals surface area contributed by atoms with Crippen LogP contribution in [-0.4, -0.2) is 50.5 Å². The predicted octanol–water partition coefficient (Wildman–Crippen LogP) is 5.18. The molecule has 2 rings (SSSR count). The summed E-state index contributed by atoms with van der Waals surface area (Å²) in [5, 5.41) is 3.76. The maximum absolute atomic E-state index is 13.4. The van der Waals surface area contributed by atoms with Crippen LogP contribution < -0.4 is 9.62 Å². The van der Waals surface area contributed by atoms with Crippen molar-refractivity contribution >= 4 is 50.7 Å². The zero-order valence-electron chi connectivity index (χ0n) is 21.3. The van der Waals surface area contributed by atoms with E-state index in [4.69, 9.17) is 23.2 Å². The third-order valence-corrected chi connectivity index (χ3v) is 7.59. The number of carbonyl (C=O) groups is 2. The van der Waals surface area contributed by atoms with Gasteiger partial charge in [-0.1, -0.05) is 61.3 Å². The van der Waals surface area contributed by atoms with Gasteiger partial charge in [0, 0.05) is 36.1 Å². The fourth-order valence-electron chi connectivity index (χ4n) is 3.94. The highest BCUT2D eigenvalue weighted by Gasteiger charge is 2.29. The number of hydrogen-bond acceptors (Lipinski definition) is 4. The minimum atomic E-state index is -3.55. The Labute approximate surface area is 224 Å². The molecule has 0 aliphatic rings. The molecule has 2 amide bonds. The zero-order chi connectivity index (χ0) is 26.9. The van der Waals surface area contributed by atoms with Gasteiger partial charge in [0.05, 0.1) is 11.9 Å². The Bertz CT molecular complexity index is 1160. The van der Waals surface area contributed by atoms with E-state index >= 15 is 0 Å². The third-order valence-electron chi connectivity index (χ3n) is 5.83. The van der Waals surface area contributed by atoms with Crippen LogP contribution in [0, 0.1) is 6.92 Å². The average Bonchev–Trinajstić information content (AvgIpc) is 2.81. The van der Waals surface area contributed by atoms with E-state index in [0.29, 0.717) is 34.3 Å². The maximum atomic E-state index is 13.4. The van der Waals surface area contributed by atoms with Crippen molar-refractivity contribution in [2.45, 2.75) is 59.0 Å². The molecule has 0 saturated carbocycles. The standard InChI is InChI=1S/C26H35Cl2N3O4S/c1-5-15-29-26(33)23(6-2)30(18-20-13-14-21(27)17-22(20)28)25(32)12-9-16-31(36(4,34)35)24-11-8-7-10-19(24)3/h7-8,10-11,13-14,17,23H,5-6,9,12,15-16,18H2,1-4H3,(H,29,33)/t23-/m1/s1. The monoisotopic (exact) mass is 555 g/mol. The van der Waals surface area contributed by atoms with Crippen molar-refractivity contribution in [3.8, 4) is 0 Å². The third kappa shape index (κ3) is 8.39. The molecule has 7 nitrogen and oxygen atoms in total. The number of amides is 2. The van der Waals surface area contributed by atoms with E-state index < -0.39 is 16.1 Å². The molecule has 0 radical (unpaired) electrons. The summed E-state index contributed by atoms with van der Waals surface area (Å²) >= 11 is 12.4. The second kappa shape index (κ2) is 13.9. The molecule has 0 heterocycles. The molecule has 0 aromatic heterocycles. The van der Waals surface area contributed by atoms with Crippen molar-refractivity contribution in [3.05, 3.63) is 63.6 Å². The highest BCUT2D eigenvalue weighted by atomic mass is 35.5. The Morgan fingerprint density at radius 1 is 1.08 bits per heavy atom. The predicted molar refractivity (Wildman–Crippen MR) is 147 cm³/mol. The smallest absolute Gasteiger partial charge is 0.242 e. The lowest BCUT2D eigenvalue weighted by Crippen LogP contribution is -2.49. The van der Waals surface area contributed by atoms with Gasteiger partial charge in [0.15, 0.2) is 0 Å². The van der Waals surface area contributed by atoms with Crippen LogP contribution in [0.2, 0.25) is 10.0 Å². The van der Waals surface area contributed by atoms with Gasteiger partial charge in [-0.05, 0) is 55.5 Å². The van der Waals surface area contributed by atoms with Crippen molar-refractivity contribution in [2.24, 2.45) is 0 Å². The fraction of sp³-hybridized carbons (Fsp3) is 0.462. The van der Waals surface area contributed by atoms with Crippen LogP contribution in [0.15, 0.2) is 42.5 Å². The Balaban J connectivity index is 2.25. The summed E-state index contributed by atoms with van der Waals surface area (Å²) in [7, 11) is -3.55. The van der Waals surface area contributed by atoms with Gasteiger partial charge in [-0.25, -0.2) is 8.42 Å². The number of halogens is 2. The van der Waals surface area contributed by atoms with E-state index in [0.717, 1.165) is 18.2 Å². The molecular formula is C26H35Cl2N3O4S. The van der Waals surface area contributed by atoms with Gasteiger partial charge < -0.3 is 10.2 Å². The number of benzene rings is 2. The summed E-state index contributed by atoms with van der Waals surface area (Å²) in [4.78, 5) is 27.9. The number of rotatable bonds is 13. The molecule has 2 aromatic carbocycles. The van der Waals surface area contributed by atoms with Crippen LogP contribution in [0.4, 0.5) is 5.69 Å². The van der Waals surface area contributed by atoms with Gasteiger partial charge in [0.1, 0.15) is 6.04 Å². The highest BCUT2D eigenvalue weighted by Crippen LogP contribution is 2.25. The molecule has 36 heavy (non-hydrogen) atoms. The zero-order valence-corrected chi connectivity index (χ0v) is 23.6. The normalized spacial score (nSPS) is 12.2. The molecule has 0 spiro atoms. The number of sulfonamides is 1. The van der Waals surface area contributed by atoms with Crippen LogP contribution in [0.3, 0.4) is 0 Å². The molecule has 198 valence electrons. The lowest BCUT2D eigenvalue weighted by atomic mass is 10.1. The van der Waals surface area contributed by atoms with Gasteiger partial charge in [0.2, 0.25) is 21.8 Å². The largest absolute Gasteiger partial charge is 0.354 e. The van der Waals surface area contributed by atoms with E-state index in [2.05, 4.69) is 5.32 Å². The molecule has 0 aliphatic heterocycles. The van der Waals surface area contributed by atoms with E-state index in [1.807, 2.05) is 32.9 Å². The molecule has 0 unspecified atom stereocenters. The first kappa shape index (κ1) is 29.9. The number of nitrogens with one attached hydrogen (secondary N) is 1. The minimum absolute atomic E-state index is 0.0701. The quantitative estimate of drug-likeness (QED) is 0.368. The summed E-state index contributed by atoms with van der Waals surface area (Å²) in [6.45, 7) is 6.45. The maximum Gasteiger partial charge on any atom is 0.242 e. The van der Waals surface area contributed by atoms with Crippen molar-refractivity contribution < 1.29 is 18.0 Å². The second-order valence-corrected chi connectivity index (χ2v) is 11.4. The Morgan fingerprint density at radius 3 is 2.36 bits per heavy atom. The Hall–Kier alpha value is -2.29. The van der Waals surface area contributed by atoms with Crippen molar-refractivity contribution in [1.29, 1.82) is 0 Å². The van der Waals surface area contributed by atoms with E-state index in [-0.39, 0.29) is 37.7 Å². The van der Waals surface area contributed by atoms with Gasteiger partial charge in [-0.3, -0.25) is 13.9 Å². The lowest BCUT2D eigenvalue weighted by Gasteiger charge is -2.31. The van der Waals surface area contributed by atoms with Crippen LogP contribution in [0.5, 0.6) is 0 Å². The van der Waals surface area contributed by atoms with Gasteiger partial charge in [-0.2, -0.15) is 0 Å². The summed E-state index contributed by atoms with van der Waals surface area (Å²) in [6.07, 6.45) is 2.71. The van der Waals surface area contributed by atoms with Crippen LogP contribution in [0.25, 0.3) is 0 Å². The first-order valence-electron chi connectivity index (χ1n) is 12.0. The molecule has 1 N–H and O–H groups in total.